The largest absolute Gasteiger partial charge is 0.484 e. The molecule has 0 saturated carbocycles. The van der Waals surface area contributed by atoms with Gasteiger partial charge in [0.1, 0.15) is 5.75 Å². The highest BCUT2D eigenvalue weighted by atomic mass is 32.1. The number of nitrogens with zero attached hydrogens (tertiary/aromatic N) is 1. The van der Waals surface area contributed by atoms with Crippen LogP contribution in [-0.2, 0) is 4.79 Å². The van der Waals surface area contributed by atoms with Crippen LogP contribution in [0.5, 0.6) is 5.75 Å². The van der Waals surface area contributed by atoms with Gasteiger partial charge in [-0.2, -0.15) is 0 Å². The summed E-state index contributed by atoms with van der Waals surface area (Å²) in [5.41, 5.74) is 6.73. The molecule has 0 aliphatic heterocycles. The lowest BCUT2D eigenvalue weighted by Crippen LogP contribution is -2.29. The highest BCUT2D eigenvalue weighted by Gasteiger charge is 2.12. The van der Waals surface area contributed by atoms with E-state index >= 15 is 0 Å². The fourth-order valence-corrected chi connectivity index (χ4v) is 3.09. The first-order valence-electron chi connectivity index (χ1n) is 8.93. The lowest BCUT2D eigenvalue weighted by atomic mass is 10.1. The van der Waals surface area contributed by atoms with Crippen LogP contribution in [0.4, 0.5) is 5.13 Å². The summed E-state index contributed by atoms with van der Waals surface area (Å²) >= 11 is 1.42. The van der Waals surface area contributed by atoms with Gasteiger partial charge in [-0.25, -0.2) is 4.98 Å². The predicted octanol–water partition coefficient (Wildman–Crippen LogP) is 2.64. The second kappa shape index (κ2) is 10.6. The fraction of sp³-hybridized carbons (Fsp3) is 0.421. The zero-order chi connectivity index (χ0) is 19.6. The molecule has 1 heterocycles. The number of hydrogen-bond donors (Lipinski definition) is 3. The molecule has 0 spiro atoms. The van der Waals surface area contributed by atoms with Crippen LogP contribution in [0.3, 0.4) is 0 Å². The number of anilines is 1. The van der Waals surface area contributed by atoms with Crippen LogP contribution in [0.25, 0.3) is 0 Å². The number of aromatic nitrogens is 1. The molecule has 0 aliphatic carbocycles. The first-order valence-corrected chi connectivity index (χ1v) is 9.75. The summed E-state index contributed by atoms with van der Waals surface area (Å²) in [6.07, 6.45) is 4.59. The third-order valence-electron chi connectivity index (χ3n) is 3.86. The summed E-state index contributed by atoms with van der Waals surface area (Å²) in [5, 5.41) is 6.16. The van der Waals surface area contributed by atoms with Crippen molar-refractivity contribution in [1.29, 1.82) is 0 Å². The van der Waals surface area contributed by atoms with Crippen molar-refractivity contribution < 1.29 is 14.3 Å². The van der Waals surface area contributed by atoms with Crippen molar-refractivity contribution in [2.24, 2.45) is 5.73 Å². The zero-order valence-electron chi connectivity index (χ0n) is 15.7. The summed E-state index contributed by atoms with van der Waals surface area (Å²) in [6, 6.07) is 5.12. The quantitative estimate of drug-likeness (QED) is 0.541. The SMILES string of the molecule is Cc1cnc(NC(=O)c2ccc(OCC(=O)NCCCCCN)cc2C)s1. The molecule has 0 aliphatic rings. The van der Waals surface area contributed by atoms with Crippen LogP contribution in [-0.4, -0.2) is 36.5 Å². The van der Waals surface area contributed by atoms with E-state index in [0.29, 0.717) is 29.5 Å². The fourth-order valence-electron chi connectivity index (χ4n) is 2.43. The van der Waals surface area contributed by atoms with Gasteiger partial charge in [-0.3, -0.25) is 14.9 Å². The Bertz CT molecular complexity index is 776. The zero-order valence-corrected chi connectivity index (χ0v) is 16.5. The molecule has 4 N–H and O–H groups in total. The smallest absolute Gasteiger partial charge is 0.257 e. The van der Waals surface area contributed by atoms with Crippen LogP contribution in [0.1, 0.15) is 40.1 Å². The third kappa shape index (κ3) is 6.99. The monoisotopic (exact) mass is 390 g/mol. The number of amides is 2. The molecule has 146 valence electrons. The van der Waals surface area contributed by atoms with E-state index in [2.05, 4.69) is 15.6 Å². The Morgan fingerprint density at radius 3 is 2.70 bits per heavy atom. The van der Waals surface area contributed by atoms with E-state index in [4.69, 9.17) is 10.5 Å². The Morgan fingerprint density at radius 2 is 2.04 bits per heavy atom. The standard InChI is InChI=1S/C19H26N4O3S/c1-13-10-15(26-12-17(24)21-9-5-3-4-8-20)6-7-16(13)18(25)23-19-22-11-14(2)27-19/h6-7,10-11H,3-5,8-9,12,20H2,1-2H3,(H,21,24)(H,22,23,25). The highest BCUT2D eigenvalue weighted by molar-refractivity contribution is 7.15. The summed E-state index contributed by atoms with van der Waals surface area (Å²) in [5.74, 6) is 0.164. The van der Waals surface area contributed by atoms with Gasteiger partial charge in [0.05, 0.1) is 0 Å². The van der Waals surface area contributed by atoms with E-state index in [1.807, 2.05) is 13.8 Å². The second-order valence-corrected chi connectivity index (χ2v) is 7.43. The Morgan fingerprint density at radius 1 is 1.22 bits per heavy atom. The van der Waals surface area contributed by atoms with Crippen molar-refractivity contribution >= 4 is 28.3 Å². The molecule has 0 atom stereocenters. The lowest BCUT2D eigenvalue weighted by molar-refractivity contribution is -0.123. The van der Waals surface area contributed by atoms with Gasteiger partial charge < -0.3 is 15.8 Å². The number of nitrogens with one attached hydrogen (secondary N) is 2. The number of benzene rings is 1. The van der Waals surface area contributed by atoms with Gasteiger partial charge in [0.25, 0.3) is 11.8 Å². The van der Waals surface area contributed by atoms with Gasteiger partial charge >= 0.3 is 0 Å². The average Bonchev–Trinajstić information content (AvgIpc) is 3.04. The highest BCUT2D eigenvalue weighted by Crippen LogP contribution is 2.21. The molecule has 2 aromatic rings. The molecule has 2 amide bonds. The molecule has 8 heteroatoms. The van der Waals surface area contributed by atoms with Crippen molar-refractivity contribution in [3.05, 3.63) is 40.4 Å². The van der Waals surface area contributed by atoms with E-state index in [0.717, 1.165) is 29.7 Å². The summed E-state index contributed by atoms with van der Waals surface area (Å²) in [4.78, 5) is 29.3. The molecule has 7 nitrogen and oxygen atoms in total. The van der Waals surface area contributed by atoms with Crippen LogP contribution >= 0.6 is 11.3 Å². The van der Waals surface area contributed by atoms with Gasteiger partial charge in [-0.1, -0.05) is 6.42 Å². The Hall–Kier alpha value is -2.45. The van der Waals surface area contributed by atoms with Gasteiger partial charge in [0, 0.05) is 23.2 Å². The molecule has 2 rings (SSSR count). The van der Waals surface area contributed by atoms with E-state index in [9.17, 15) is 9.59 Å². The van der Waals surface area contributed by atoms with Gasteiger partial charge in [-0.05, 0) is 57.0 Å². The third-order valence-corrected chi connectivity index (χ3v) is 4.69. The molecule has 0 fully saturated rings. The minimum Gasteiger partial charge on any atom is -0.484 e. The summed E-state index contributed by atoms with van der Waals surface area (Å²) in [6.45, 7) is 5.00. The lowest BCUT2D eigenvalue weighted by Gasteiger charge is -2.10. The minimum atomic E-state index is -0.219. The number of unbranched alkanes of at least 4 members (excludes halogenated alkanes) is 2. The van der Waals surface area contributed by atoms with Gasteiger partial charge in [0.15, 0.2) is 11.7 Å². The van der Waals surface area contributed by atoms with Crippen molar-refractivity contribution in [2.45, 2.75) is 33.1 Å². The number of carbonyl (C=O) groups is 2. The van der Waals surface area contributed by atoms with E-state index in [1.54, 1.807) is 24.4 Å². The maximum absolute atomic E-state index is 12.4. The second-order valence-electron chi connectivity index (χ2n) is 6.19. The maximum atomic E-state index is 12.4. The molecular formula is C19H26N4O3S. The Labute approximate surface area is 163 Å². The first-order chi connectivity index (χ1) is 13.0. The normalized spacial score (nSPS) is 10.5. The van der Waals surface area contributed by atoms with Crippen molar-refractivity contribution in [3.63, 3.8) is 0 Å². The summed E-state index contributed by atoms with van der Waals surface area (Å²) < 4.78 is 5.51. The number of carbonyl (C=O) groups excluding carboxylic acids is 2. The molecule has 27 heavy (non-hydrogen) atoms. The van der Waals surface area contributed by atoms with Gasteiger partial charge in [0.2, 0.25) is 0 Å². The van der Waals surface area contributed by atoms with Crippen LogP contribution < -0.4 is 21.1 Å². The van der Waals surface area contributed by atoms with Gasteiger partial charge in [-0.15, -0.1) is 11.3 Å². The van der Waals surface area contributed by atoms with Crippen LogP contribution in [0, 0.1) is 13.8 Å². The molecule has 1 aromatic heterocycles. The molecular weight excluding hydrogens is 364 g/mol. The number of nitrogens with two attached hydrogens (primary N) is 1. The molecule has 0 bridgehead atoms. The Kier molecular flexibility index (Phi) is 8.22. The number of thiazole rings is 1. The topological polar surface area (TPSA) is 106 Å². The summed E-state index contributed by atoms with van der Waals surface area (Å²) in [7, 11) is 0. The van der Waals surface area contributed by atoms with Crippen LogP contribution in [0.2, 0.25) is 0 Å². The Balaban J connectivity index is 1.81. The van der Waals surface area contributed by atoms with Crippen molar-refractivity contribution in [3.8, 4) is 5.75 Å². The van der Waals surface area contributed by atoms with Crippen molar-refractivity contribution in [2.75, 3.05) is 25.0 Å². The molecule has 0 saturated heterocycles. The van der Waals surface area contributed by atoms with E-state index < -0.39 is 0 Å². The van der Waals surface area contributed by atoms with Crippen molar-refractivity contribution in [1.82, 2.24) is 10.3 Å². The average molecular weight is 391 g/mol. The maximum Gasteiger partial charge on any atom is 0.257 e. The molecule has 1 aromatic carbocycles. The molecule has 0 unspecified atom stereocenters. The minimum absolute atomic E-state index is 0.0553. The number of aryl methyl sites for hydroxylation is 2. The van der Waals surface area contributed by atoms with E-state index in [-0.39, 0.29) is 18.4 Å². The van der Waals surface area contributed by atoms with E-state index in [1.165, 1.54) is 11.3 Å². The first kappa shape index (κ1) is 20.9. The van der Waals surface area contributed by atoms with Crippen LogP contribution in [0.15, 0.2) is 24.4 Å². The number of hydrogen-bond acceptors (Lipinski definition) is 6. The number of rotatable bonds is 10. The number of ether oxygens (including phenoxy) is 1. The molecule has 0 radical (unpaired) electrons. The predicted molar refractivity (Wildman–Crippen MR) is 107 cm³/mol.